The maximum absolute atomic E-state index is 13.4. The summed E-state index contributed by atoms with van der Waals surface area (Å²) in [5, 5.41) is 5.83. The lowest BCUT2D eigenvalue weighted by Crippen LogP contribution is -2.34. The largest absolute Gasteiger partial charge is 0.479 e. The average molecular weight is 533 g/mol. The second-order valence-corrected chi connectivity index (χ2v) is 10.2. The molecule has 202 valence electrons. The number of para-hydroxylation sites is 1. The van der Waals surface area contributed by atoms with Gasteiger partial charge in [0, 0.05) is 54.4 Å². The normalized spacial score (nSPS) is 16.8. The number of hydrogen-bond donors (Lipinski definition) is 2. The van der Waals surface area contributed by atoms with Gasteiger partial charge < -0.3 is 25.2 Å². The molecule has 0 aliphatic carbocycles. The number of benzene rings is 4. The van der Waals surface area contributed by atoms with Crippen LogP contribution in [0.1, 0.15) is 23.7 Å². The molecule has 6 rings (SSSR count). The van der Waals surface area contributed by atoms with Crippen molar-refractivity contribution in [3.8, 4) is 16.9 Å². The summed E-state index contributed by atoms with van der Waals surface area (Å²) in [6, 6.07) is 32.0. The molecule has 4 aromatic rings. The molecule has 0 saturated carbocycles. The summed E-state index contributed by atoms with van der Waals surface area (Å²) in [5.41, 5.74) is 6.22. The fraction of sp³-hybridized carbons (Fsp3) is 0.212. The monoisotopic (exact) mass is 532 g/mol. The average Bonchev–Trinajstić information content (AvgIpc) is 3.25. The number of fused-ring (bicyclic) bond motifs is 1. The van der Waals surface area contributed by atoms with Gasteiger partial charge in [-0.15, -0.1) is 0 Å². The first-order chi connectivity index (χ1) is 19.5. The van der Waals surface area contributed by atoms with Gasteiger partial charge in [0.1, 0.15) is 5.75 Å². The number of anilines is 4. The number of ether oxygens (including phenoxy) is 1. The van der Waals surface area contributed by atoms with E-state index in [2.05, 4.69) is 56.8 Å². The van der Waals surface area contributed by atoms with Crippen LogP contribution in [-0.4, -0.2) is 44.1 Å². The SMILES string of the molecule is CC1Oc2ccc(NC(=O)c3ccc(-c4ccccc4)c(N4CCCN(c5ccccc5)CC4)c3)cc2NC1=O. The van der Waals surface area contributed by atoms with Crippen LogP contribution in [0.25, 0.3) is 11.1 Å². The Bertz CT molecular complexity index is 1520. The van der Waals surface area contributed by atoms with Crippen molar-refractivity contribution in [2.24, 2.45) is 0 Å². The van der Waals surface area contributed by atoms with Gasteiger partial charge >= 0.3 is 0 Å². The molecule has 2 aliphatic rings. The quantitative estimate of drug-likeness (QED) is 0.328. The molecule has 0 bridgehead atoms. The summed E-state index contributed by atoms with van der Waals surface area (Å²) in [6.45, 7) is 5.34. The molecule has 1 atom stereocenters. The minimum absolute atomic E-state index is 0.208. The summed E-state index contributed by atoms with van der Waals surface area (Å²) < 4.78 is 5.64. The highest BCUT2D eigenvalue weighted by atomic mass is 16.5. The van der Waals surface area contributed by atoms with Gasteiger partial charge in [0.05, 0.1) is 5.69 Å². The topological polar surface area (TPSA) is 73.9 Å². The summed E-state index contributed by atoms with van der Waals surface area (Å²) in [6.07, 6.45) is 0.467. The number of rotatable bonds is 5. The highest BCUT2D eigenvalue weighted by Crippen LogP contribution is 2.35. The highest BCUT2D eigenvalue weighted by Gasteiger charge is 2.24. The van der Waals surface area contributed by atoms with Crippen LogP contribution in [0.15, 0.2) is 97.1 Å². The molecule has 0 radical (unpaired) electrons. The molecule has 2 aliphatic heterocycles. The zero-order valence-corrected chi connectivity index (χ0v) is 22.5. The molecule has 2 amide bonds. The minimum atomic E-state index is -0.548. The predicted molar refractivity (Wildman–Crippen MR) is 160 cm³/mol. The predicted octanol–water partition coefficient (Wildman–Crippen LogP) is 6.04. The number of nitrogens with one attached hydrogen (secondary N) is 2. The van der Waals surface area contributed by atoms with Crippen LogP contribution in [0.3, 0.4) is 0 Å². The summed E-state index contributed by atoms with van der Waals surface area (Å²) in [5.74, 6) is 0.170. The molecular formula is C33H32N4O3. The number of nitrogens with zero attached hydrogens (tertiary/aromatic N) is 2. The maximum atomic E-state index is 13.4. The van der Waals surface area contributed by atoms with E-state index in [0.29, 0.717) is 22.7 Å². The van der Waals surface area contributed by atoms with Gasteiger partial charge in [-0.2, -0.15) is 0 Å². The van der Waals surface area contributed by atoms with Gasteiger partial charge in [-0.25, -0.2) is 0 Å². The summed E-state index contributed by atoms with van der Waals surface area (Å²) in [4.78, 5) is 30.3. The first-order valence-electron chi connectivity index (χ1n) is 13.7. The van der Waals surface area contributed by atoms with Crippen LogP contribution in [0.5, 0.6) is 5.75 Å². The van der Waals surface area contributed by atoms with E-state index in [0.717, 1.165) is 49.4 Å². The molecule has 4 aromatic carbocycles. The van der Waals surface area contributed by atoms with Crippen LogP contribution in [0, 0.1) is 0 Å². The van der Waals surface area contributed by atoms with E-state index in [1.807, 2.05) is 42.5 Å². The lowest BCUT2D eigenvalue weighted by atomic mass is 10.00. The highest BCUT2D eigenvalue weighted by molar-refractivity contribution is 6.06. The third-order valence-electron chi connectivity index (χ3n) is 7.47. The molecule has 7 nitrogen and oxygen atoms in total. The van der Waals surface area contributed by atoms with Crippen molar-refractivity contribution in [3.05, 3.63) is 103 Å². The standard InChI is InChI=1S/C33H32N4O3/c1-23-32(38)35-29-22-26(14-16-31(29)40-23)34-33(39)25-13-15-28(24-9-4-2-5-10-24)30(21-25)37-18-8-17-36(19-20-37)27-11-6-3-7-12-27/h2-7,9-16,21-23H,8,17-20H2,1H3,(H,34,39)(H,35,38). The number of carbonyl (C=O) groups is 2. The van der Waals surface area contributed by atoms with Gasteiger partial charge in [-0.3, -0.25) is 9.59 Å². The van der Waals surface area contributed by atoms with Crippen LogP contribution in [-0.2, 0) is 4.79 Å². The van der Waals surface area contributed by atoms with E-state index in [1.54, 1.807) is 25.1 Å². The van der Waals surface area contributed by atoms with Crippen molar-refractivity contribution in [1.29, 1.82) is 0 Å². The van der Waals surface area contributed by atoms with Crippen molar-refractivity contribution in [3.63, 3.8) is 0 Å². The van der Waals surface area contributed by atoms with E-state index >= 15 is 0 Å². The van der Waals surface area contributed by atoms with Gasteiger partial charge in [-0.05, 0) is 61.4 Å². The first-order valence-corrected chi connectivity index (χ1v) is 13.7. The molecule has 1 unspecified atom stereocenters. The number of amides is 2. The van der Waals surface area contributed by atoms with Crippen LogP contribution >= 0.6 is 0 Å². The van der Waals surface area contributed by atoms with E-state index in [-0.39, 0.29) is 11.8 Å². The van der Waals surface area contributed by atoms with Gasteiger partial charge in [0.15, 0.2) is 6.10 Å². The maximum Gasteiger partial charge on any atom is 0.265 e. The van der Waals surface area contributed by atoms with Crippen molar-refractivity contribution in [2.75, 3.05) is 46.6 Å². The van der Waals surface area contributed by atoms with Crippen LogP contribution < -0.4 is 25.2 Å². The van der Waals surface area contributed by atoms with Crippen LogP contribution in [0.2, 0.25) is 0 Å². The van der Waals surface area contributed by atoms with Crippen LogP contribution in [0.4, 0.5) is 22.7 Å². The molecule has 1 fully saturated rings. The molecule has 7 heteroatoms. The van der Waals surface area contributed by atoms with Gasteiger partial charge in [0.25, 0.3) is 11.8 Å². The molecule has 0 spiro atoms. The van der Waals surface area contributed by atoms with E-state index < -0.39 is 6.10 Å². The fourth-order valence-electron chi connectivity index (χ4n) is 5.34. The van der Waals surface area contributed by atoms with Crippen molar-refractivity contribution in [2.45, 2.75) is 19.4 Å². The minimum Gasteiger partial charge on any atom is -0.479 e. The third kappa shape index (κ3) is 5.36. The lowest BCUT2D eigenvalue weighted by molar-refractivity contribution is -0.122. The van der Waals surface area contributed by atoms with E-state index in [9.17, 15) is 9.59 Å². The van der Waals surface area contributed by atoms with Crippen molar-refractivity contribution in [1.82, 2.24) is 0 Å². The Morgan fingerprint density at radius 3 is 2.38 bits per heavy atom. The molecule has 40 heavy (non-hydrogen) atoms. The second kappa shape index (κ2) is 11.1. The van der Waals surface area contributed by atoms with E-state index in [4.69, 9.17) is 4.74 Å². The Morgan fingerprint density at radius 2 is 1.57 bits per heavy atom. The Morgan fingerprint density at radius 1 is 0.850 bits per heavy atom. The fourth-order valence-corrected chi connectivity index (χ4v) is 5.34. The lowest BCUT2D eigenvalue weighted by Gasteiger charge is -2.27. The van der Waals surface area contributed by atoms with Gasteiger partial charge in [-0.1, -0.05) is 54.6 Å². The molecular weight excluding hydrogens is 500 g/mol. The zero-order chi connectivity index (χ0) is 27.5. The molecule has 0 aromatic heterocycles. The van der Waals surface area contributed by atoms with E-state index in [1.165, 1.54) is 5.69 Å². The smallest absolute Gasteiger partial charge is 0.265 e. The Labute approximate surface area is 234 Å². The molecule has 2 N–H and O–H groups in total. The van der Waals surface area contributed by atoms with Crippen molar-refractivity contribution >= 4 is 34.6 Å². The zero-order valence-electron chi connectivity index (χ0n) is 22.5. The Hall–Kier alpha value is -4.78. The Balaban J connectivity index is 1.27. The number of carbonyl (C=O) groups excluding carboxylic acids is 2. The molecule has 2 heterocycles. The summed E-state index contributed by atoms with van der Waals surface area (Å²) >= 11 is 0. The summed E-state index contributed by atoms with van der Waals surface area (Å²) in [7, 11) is 0. The second-order valence-electron chi connectivity index (χ2n) is 10.2. The Kier molecular flexibility index (Phi) is 7.10. The molecule has 1 saturated heterocycles. The third-order valence-corrected chi connectivity index (χ3v) is 7.47. The van der Waals surface area contributed by atoms with Gasteiger partial charge in [0.2, 0.25) is 0 Å². The number of hydrogen-bond acceptors (Lipinski definition) is 5. The van der Waals surface area contributed by atoms with Crippen molar-refractivity contribution < 1.29 is 14.3 Å². The first kappa shape index (κ1) is 25.5.